The van der Waals surface area contributed by atoms with Crippen LogP contribution in [0.4, 0.5) is 17.1 Å². The number of carbonyl (C=O) groups excluding carboxylic acids is 2. The lowest BCUT2D eigenvalue weighted by Crippen LogP contribution is -2.37. The third kappa shape index (κ3) is 3.94. The number of nitrogens with zero attached hydrogens (tertiary/aromatic N) is 3. The minimum absolute atomic E-state index is 0.0553. The van der Waals surface area contributed by atoms with Crippen molar-refractivity contribution in [1.29, 1.82) is 0 Å². The van der Waals surface area contributed by atoms with Crippen LogP contribution in [0.2, 0.25) is 0 Å². The number of benzene rings is 4. The molecule has 4 aromatic carbocycles. The Morgan fingerprint density at radius 1 is 0.795 bits per heavy atom. The zero-order valence-electron chi connectivity index (χ0n) is 21.5. The van der Waals surface area contributed by atoms with Gasteiger partial charge in [0.1, 0.15) is 6.54 Å². The summed E-state index contributed by atoms with van der Waals surface area (Å²) in [7, 11) is 0. The summed E-state index contributed by atoms with van der Waals surface area (Å²) in [4.78, 5) is 31.1. The average Bonchev–Trinajstić information content (AvgIpc) is 3.47. The summed E-state index contributed by atoms with van der Waals surface area (Å²) < 4.78 is 2.02. The fourth-order valence-electron chi connectivity index (χ4n) is 5.91. The molecule has 39 heavy (non-hydrogen) atoms. The van der Waals surface area contributed by atoms with E-state index in [-0.39, 0.29) is 18.4 Å². The number of amides is 2. The van der Waals surface area contributed by atoms with Crippen molar-refractivity contribution < 1.29 is 9.59 Å². The van der Waals surface area contributed by atoms with E-state index < -0.39 is 0 Å². The van der Waals surface area contributed by atoms with E-state index in [0.717, 1.165) is 58.5 Å². The molecule has 0 N–H and O–H groups in total. The number of anilines is 3. The second-order valence-corrected chi connectivity index (χ2v) is 10.1. The zero-order chi connectivity index (χ0) is 26.3. The number of hydrogen-bond donors (Lipinski definition) is 0. The van der Waals surface area contributed by atoms with Gasteiger partial charge in [-0.3, -0.25) is 14.5 Å². The van der Waals surface area contributed by atoms with Crippen molar-refractivity contribution >= 4 is 51.4 Å². The van der Waals surface area contributed by atoms with Gasteiger partial charge in [0.25, 0.3) is 5.91 Å². The Morgan fingerprint density at radius 2 is 1.51 bits per heavy atom. The highest BCUT2D eigenvalue weighted by Gasteiger charge is 2.33. The summed E-state index contributed by atoms with van der Waals surface area (Å²) in [5.74, 6) is 0.0138. The summed E-state index contributed by atoms with van der Waals surface area (Å²) in [6.45, 7) is 0.964. The molecule has 0 radical (unpaired) electrons. The minimum Gasteiger partial charge on any atom is -0.337 e. The molecule has 1 aromatic heterocycles. The van der Waals surface area contributed by atoms with Crippen molar-refractivity contribution in [2.45, 2.75) is 19.4 Å². The lowest BCUT2D eigenvalue weighted by Gasteiger charge is -2.29. The largest absolute Gasteiger partial charge is 0.337 e. The fraction of sp³-hybridized carbons (Fsp3) is 0.118. The normalized spacial score (nSPS) is 15.6. The van der Waals surface area contributed by atoms with Crippen molar-refractivity contribution in [3.8, 4) is 0 Å². The topological polar surface area (TPSA) is 45.6 Å². The predicted molar refractivity (Wildman–Crippen MR) is 157 cm³/mol. The summed E-state index contributed by atoms with van der Waals surface area (Å²) in [6.07, 6.45) is 5.95. The highest BCUT2D eigenvalue weighted by Crippen LogP contribution is 2.42. The maximum Gasteiger partial charge on any atom is 0.263 e. The Bertz CT molecular complexity index is 1770. The van der Waals surface area contributed by atoms with Crippen LogP contribution in [0.15, 0.2) is 109 Å². The SMILES string of the molecule is O=C(Cn1cc(C=C2C(=O)N(c3ccccc3)c3ccccc32)c2ccccc21)N1CCCc2ccccc21. The standard InChI is InChI=1S/C34H27N3O2/c38-33(36-20-10-12-24-11-4-7-17-30(24)36)23-35-22-25(27-15-5-8-18-31(27)35)21-29-28-16-6-9-19-32(28)37(34(29)39)26-13-2-1-3-14-26/h1-9,11,13-19,21-22H,10,12,20,23H2. The third-order valence-electron chi connectivity index (χ3n) is 7.72. The predicted octanol–water partition coefficient (Wildman–Crippen LogP) is 6.84. The van der Waals surface area contributed by atoms with Crippen LogP contribution in [0.1, 0.15) is 23.1 Å². The monoisotopic (exact) mass is 509 g/mol. The lowest BCUT2D eigenvalue weighted by atomic mass is 10.0. The van der Waals surface area contributed by atoms with Crippen LogP contribution in [0.25, 0.3) is 22.6 Å². The number of rotatable bonds is 4. The fourth-order valence-corrected chi connectivity index (χ4v) is 5.91. The molecule has 0 atom stereocenters. The highest BCUT2D eigenvalue weighted by molar-refractivity contribution is 6.38. The van der Waals surface area contributed by atoms with Crippen LogP contribution in [0.5, 0.6) is 0 Å². The van der Waals surface area contributed by atoms with Crippen molar-refractivity contribution in [2.75, 3.05) is 16.3 Å². The Kier molecular flexibility index (Phi) is 5.63. The van der Waals surface area contributed by atoms with Gasteiger partial charge in [-0.25, -0.2) is 0 Å². The van der Waals surface area contributed by atoms with Crippen molar-refractivity contribution in [2.24, 2.45) is 0 Å². The number of fused-ring (bicyclic) bond motifs is 3. The van der Waals surface area contributed by atoms with Gasteiger partial charge in [-0.05, 0) is 54.8 Å². The molecule has 0 unspecified atom stereocenters. The van der Waals surface area contributed by atoms with E-state index in [1.54, 1.807) is 4.90 Å². The summed E-state index contributed by atoms with van der Waals surface area (Å²) in [6, 6.07) is 33.9. The first-order valence-electron chi connectivity index (χ1n) is 13.4. The Hall–Kier alpha value is -4.90. The van der Waals surface area contributed by atoms with Gasteiger partial charge in [0, 0.05) is 46.1 Å². The number of carbonyl (C=O) groups is 2. The molecule has 0 bridgehead atoms. The van der Waals surface area contributed by atoms with E-state index in [9.17, 15) is 9.59 Å². The van der Waals surface area contributed by atoms with Crippen LogP contribution >= 0.6 is 0 Å². The van der Waals surface area contributed by atoms with Gasteiger partial charge in [0.2, 0.25) is 5.91 Å². The quantitative estimate of drug-likeness (QED) is 0.249. The molecular weight excluding hydrogens is 482 g/mol. The van der Waals surface area contributed by atoms with E-state index in [0.29, 0.717) is 5.57 Å². The molecule has 2 amide bonds. The summed E-state index contributed by atoms with van der Waals surface area (Å²) in [5, 5.41) is 1.01. The van der Waals surface area contributed by atoms with E-state index in [2.05, 4.69) is 12.1 Å². The maximum absolute atomic E-state index is 13.8. The van der Waals surface area contributed by atoms with Gasteiger partial charge < -0.3 is 9.47 Å². The third-order valence-corrected chi connectivity index (χ3v) is 7.72. The minimum atomic E-state index is -0.0553. The van der Waals surface area contributed by atoms with E-state index in [4.69, 9.17) is 0 Å². The van der Waals surface area contributed by atoms with Crippen LogP contribution < -0.4 is 9.80 Å². The van der Waals surface area contributed by atoms with Gasteiger partial charge in [0.05, 0.1) is 11.3 Å². The van der Waals surface area contributed by atoms with Crippen LogP contribution in [0.3, 0.4) is 0 Å². The summed E-state index contributed by atoms with van der Waals surface area (Å²) in [5.41, 5.74) is 7.41. The van der Waals surface area contributed by atoms with Gasteiger partial charge in [-0.15, -0.1) is 0 Å². The number of hydrogen-bond acceptors (Lipinski definition) is 2. The molecule has 190 valence electrons. The zero-order valence-corrected chi connectivity index (χ0v) is 21.5. The number of aromatic nitrogens is 1. The van der Waals surface area contributed by atoms with Crippen LogP contribution in [-0.2, 0) is 22.6 Å². The molecule has 5 heteroatoms. The Balaban J connectivity index is 1.28. The molecule has 2 aliphatic rings. The molecular formula is C34H27N3O2. The van der Waals surface area contributed by atoms with E-state index in [1.165, 1.54) is 5.56 Å². The smallest absolute Gasteiger partial charge is 0.263 e. The summed E-state index contributed by atoms with van der Waals surface area (Å²) >= 11 is 0. The molecule has 0 saturated carbocycles. The van der Waals surface area contributed by atoms with Crippen LogP contribution in [0, 0.1) is 0 Å². The van der Waals surface area contributed by atoms with Gasteiger partial charge in [-0.1, -0.05) is 72.8 Å². The first kappa shape index (κ1) is 23.2. The second-order valence-electron chi connectivity index (χ2n) is 10.1. The van der Waals surface area contributed by atoms with Crippen molar-refractivity contribution in [1.82, 2.24) is 4.57 Å². The van der Waals surface area contributed by atoms with Gasteiger partial charge in [-0.2, -0.15) is 0 Å². The first-order valence-corrected chi connectivity index (χ1v) is 13.4. The Morgan fingerprint density at radius 3 is 2.38 bits per heavy atom. The molecule has 0 fully saturated rings. The first-order chi connectivity index (χ1) is 19.2. The molecule has 5 nitrogen and oxygen atoms in total. The number of para-hydroxylation sites is 4. The molecule has 7 rings (SSSR count). The molecule has 3 heterocycles. The molecule has 0 saturated heterocycles. The van der Waals surface area contributed by atoms with Crippen LogP contribution in [-0.4, -0.2) is 22.9 Å². The molecule has 5 aromatic rings. The van der Waals surface area contributed by atoms with E-state index >= 15 is 0 Å². The lowest BCUT2D eigenvalue weighted by molar-refractivity contribution is -0.119. The van der Waals surface area contributed by atoms with Gasteiger partial charge in [0.15, 0.2) is 0 Å². The Labute approximate surface area is 227 Å². The van der Waals surface area contributed by atoms with E-state index in [1.807, 2.05) is 113 Å². The number of aryl methyl sites for hydroxylation is 1. The highest BCUT2D eigenvalue weighted by atomic mass is 16.2. The molecule has 0 spiro atoms. The average molecular weight is 510 g/mol. The second kappa shape index (κ2) is 9.44. The maximum atomic E-state index is 13.8. The van der Waals surface area contributed by atoms with Crippen molar-refractivity contribution in [3.63, 3.8) is 0 Å². The van der Waals surface area contributed by atoms with Gasteiger partial charge >= 0.3 is 0 Å². The van der Waals surface area contributed by atoms with Crippen molar-refractivity contribution in [3.05, 3.63) is 126 Å². The molecule has 0 aliphatic carbocycles. The molecule has 2 aliphatic heterocycles.